The molecule has 0 radical (unpaired) electrons. The predicted octanol–water partition coefficient (Wildman–Crippen LogP) is 6.16. The SMILES string of the molecule is O=C(Nc1nc2ccccc2c2nc3ccccc3n12)c1sc2ccccc2c1Cl. The molecule has 144 valence electrons. The molecule has 0 fully saturated rings. The molecule has 7 heteroatoms. The van der Waals surface area contributed by atoms with E-state index in [1.165, 1.54) is 11.3 Å². The third kappa shape index (κ3) is 2.51. The van der Waals surface area contributed by atoms with Crippen LogP contribution >= 0.6 is 22.9 Å². The van der Waals surface area contributed by atoms with Crippen LogP contribution < -0.4 is 5.32 Å². The number of hydrogen-bond donors (Lipinski definition) is 1. The van der Waals surface area contributed by atoms with Gasteiger partial charge >= 0.3 is 0 Å². The highest BCUT2D eigenvalue weighted by Gasteiger charge is 2.20. The van der Waals surface area contributed by atoms with E-state index >= 15 is 0 Å². The Morgan fingerprint density at radius 2 is 1.57 bits per heavy atom. The Hall–Kier alpha value is -3.48. The van der Waals surface area contributed by atoms with Gasteiger partial charge in [0.05, 0.1) is 21.6 Å². The van der Waals surface area contributed by atoms with E-state index < -0.39 is 0 Å². The van der Waals surface area contributed by atoms with Crippen LogP contribution in [0, 0.1) is 0 Å². The minimum Gasteiger partial charge on any atom is -0.291 e. The van der Waals surface area contributed by atoms with Crippen LogP contribution in [-0.4, -0.2) is 20.3 Å². The van der Waals surface area contributed by atoms with Crippen LogP contribution in [0.2, 0.25) is 5.02 Å². The lowest BCUT2D eigenvalue weighted by Gasteiger charge is -2.09. The number of aromatic nitrogens is 3. The first-order chi connectivity index (χ1) is 14.7. The molecule has 0 atom stereocenters. The molecule has 0 aliphatic heterocycles. The summed E-state index contributed by atoms with van der Waals surface area (Å²) in [6.07, 6.45) is 0. The van der Waals surface area contributed by atoms with Crippen molar-refractivity contribution in [2.24, 2.45) is 0 Å². The molecule has 6 aromatic rings. The molecule has 0 bridgehead atoms. The Morgan fingerprint density at radius 3 is 2.40 bits per heavy atom. The second-order valence-corrected chi connectivity index (χ2v) is 8.34. The lowest BCUT2D eigenvalue weighted by molar-refractivity contribution is 0.103. The van der Waals surface area contributed by atoms with E-state index in [1.54, 1.807) is 0 Å². The molecule has 3 aromatic carbocycles. The summed E-state index contributed by atoms with van der Waals surface area (Å²) in [5, 5.41) is 5.23. The molecule has 0 aliphatic carbocycles. The number of amides is 1. The zero-order valence-corrected chi connectivity index (χ0v) is 17.0. The van der Waals surface area contributed by atoms with Crippen molar-refractivity contribution in [1.29, 1.82) is 0 Å². The van der Waals surface area contributed by atoms with Gasteiger partial charge in [0.2, 0.25) is 5.95 Å². The largest absolute Gasteiger partial charge is 0.291 e. The fraction of sp³-hybridized carbons (Fsp3) is 0. The second-order valence-electron chi connectivity index (χ2n) is 6.91. The highest BCUT2D eigenvalue weighted by molar-refractivity contribution is 7.21. The van der Waals surface area contributed by atoms with Gasteiger partial charge < -0.3 is 0 Å². The number of nitrogens with one attached hydrogen (secondary N) is 1. The van der Waals surface area contributed by atoms with Gasteiger partial charge in [-0.3, -0.25) is 14.5 Å². The average Bonchev–Trinajstić information content (AvgIpc) is 3.33. The molecule has 3 heterocycles. The van der Waals surface area contributed by atoms with Crippen molar-refractivity contribution in [3.63, 3.8) is 0 Å². The number of para-hydroxylation sites is 3. The number of fused-ring (bicyclic) bond motifs is 6. The minimum absolute atomic E-state index is 0.289. The number of carbonyl (C=O) groups is 1. The topological polar surface area (TPSA) is 59.3 Å². The smallest absolute Gasteiger partial charge is 0.269 e. The van der Waals surface area contributed by atoms with Gasteiger partial charge in [0.15, 0.2) is 0 Å². The fourth-order valence-electron chi connectivity index (χ4n) is 3.75. The van der Waals surface area contributed by atoms with Crippen molar-refractivity contribution in [3.05, 3.63) is 82.7 Å². The molecule has 1 N–H and O–H groups in total. The average molecular weight is 429 g/mol. The van der Waals surface area contributed by atoms with Gasteiger partial charge in [0, 0.05) is 15.5 Å². The van der Waals surface area contributed by atoms with Gasteiger partial charge in [-0.25, -0.2) is 9.97 Å². The van der Waals surface area contributed by atoms with E-state index in [4.69, 9.17) is 21.6 Å². The molecule has 0 saturated carbocycles. The van der Waals surface area contributed by atoms with Crippen LogP contribution in [0.25, 0.3) is 37.7 Å². The molecule has 5 nitrogen and oxygen atoms in total. The van der Waals surface area contributed by atoms with Gasteiger partial charge in [0.1, 0.15) is 10.5 Å². The van der Waals surface area contributed by atoms with Gasteiger partial charge in [0.25, 0.3) is 5.91 Å². The van der Waals surface area contributed by atoms with Crippen molar-refractivity contribution in [2.75, 3.05) is 5.32 Å². The zero-order valence-electron chi connectivity index (χ0n) is 15.5. The van der Waals surface area contributed by atoms with Crippen LogP contribution in [0.3, 0.4) is 0 Å². The Morgan fingerprint density at radius 1 is 0.867 bits per heavy atom. The molecule has 0 unspecified atom stereocenters. The predicted molar refractivity (Wildman–Crippen MR) is 123 cm³/mol. The zero-order chi connectivity index (χ0) is 20.2. The molecule has 0 saturated heterocycles. The minimum atomic E-state index is -0.289. The number of anilines is 1. The number of benzene rings is 3. The first-order valence-electron chi connectivity index (χ1n) is 9.35. The summed E-state index contributed by atoms with van der Waals surface area (Å²) in [7, 11) is 0. The summed E-state index contributed by atoms with van der Waals surface area (Å²) in [6.45, 7) is 0. The molecule has 0 spiro atoms. The lowest BCUT2D eigenvalue weighted by Crippen LogP contribution is -2.15. The lowest BCUT2D eigenvalue weighted by atomic mass is 10.2. The van der Waals surface area contributed by atoms with Gasteiger partial charge in [-0.2, -0.15) is 0 Å². The van der Waals surface area contributed by atoms with Crippen molar-refractivity contribution >= 4 is 72.5 Å². The third-order valence-electron chi connectivity index (χ3n) is 5.11. The monoisotopic (exact) mass is 428 g/mol. The summed E-state index contributed by atoms with van der Waals surface area (Å²) < 4.78 is 2.86. The molecule has 6 rings (SSSR count). The molecule has 30 heavy (non-hydrogen) atoms. The Kier molecular flexibility index (Phi) is 3.78. The highest BCUT2D eigenvalue weighted by Crippen LogP contribution is 2.36. The standard InChI is InChI=1S/C23H13ClN4OS/c24-19-14-8-2-6-12-18(14)30-20(19)22(29)27-23-26-15-9-3-1-7-13(15)21-25-16-10-4-5-11-17(16)28(21)23/h1-12H,(H,26,27,29). The number of thiophene rings is 1. The highest BCUT2D eigenvalue weighted by atomic mass is 35.5. The third-order valence-corrected chi connectivity index (χ3v) is 6.78. The first kappa shape index (κ1) is 17.4. The second kappa shape index (κ2) is 6.52. The maximum Gasteiger partial charge on any atom is 0.269 e. The van der Waals surface area contributed by atoms with Gasteiger partial charge in [-0.15, -0.1) is 11.3 Å². The molecule has 3 aromatic heterocycles. The fourth-order valence-corrected chi connectivity index (χ4v) is 5.16. The van der Waals surface area contributed by atoms with Crippen molar-refractivity contribution in [1.82, 2.24) is 14.4 Å². The quantitative estimate of drug-likeness (QED) is 0.359. The Balaban J connectivity index is 1.57. The summed E-state index contributed by atoms with van der Waals surface area (Å²) in [5.74, 6) is 0.124. The number of rotatable bonds is 2. The van der Waals surface area contributed by atoms with E-state index in [0.717, 1.165) is 37.7 Å². The van der Waals surface area contributed by atoms with E-state index in [0.29, 0.717) is 15.8 Å². The summed E-state index contributed by atoms with van der Waals surface area (Å²) >= 11 is 7.88. The molecular weight excluding hydrogens is 416 g/mol. The maximum absolute atomic E-state index is 13.2. The number of imidazole rings is 1. The maximum atomic E-state index is 13.2. The van der Waals surface area contributed by atoms with E-state index in [2.05, 4.69) is 5.32 Å². The van der Waals surface area contributed by atoms with Crippen LogP contribution in [0.5, 0.6) is 0 Å². The number of halogens is 1. The molecule has 1 amide bonds. The summed E-state index contributed by atoms with van der Waals surface area (Å²) in [5.41, 5.74) is 3.23. The van der Waals surface area contributed by atoms with E-state index in [1.807, 2.05) is 77.2 Å². The Labute approximate surface area is 179 Å². The molecule has 0 aliphatic rings. The number of nitrogens with zero attached hydrogens (tertiary/aromatic N) is 3. The first-order valence-corrected chi connectivity index (χ1v) is 10.5. The number of carbonyl (C=O) groups excluding carboxylic acids is 1. The van der Waals surface area contributed by atoms with Crippen LogP contribution in [0.1, 0.15) is 9.67 Å². The van der Waals surface area contributed by atoms with Crippen molar-refractivity contribution < 1.29 is 4.79 Å². The van der Waals surface area contributed by atoms with Crippen molar-refractivity contribution in [3.8, 4) is 0 Å². The van der Waals surface area contributed by atoms with Crippen LogP contribution in [0.4, 0.5) is 5.95 Å². The normalized spacial score (nSPS) is 11.6. The van der Waals surface area contributed by atoms with E-state index in [-0.39, 0.29) is 5.91 Å². The number of hydrogen-bond acceptors (Lipinski definition) is 4. The summed E-state index contributed by atoms with van der Waals surface area (Å²) in [6, 6.07) is 23.3. The van der Waals surface area contributed by atoms with Crippen LogP contribution in [0.15, 0.2) is 72.8 Å². The van der Waals surface area contributed by atoms with Crippen molar-refractivity contribution in [2.45, 2.75) is 0 Å². The summed E-state index contributed by atoms with van der Waals surface area (Å²) in [4.78, 5) is 23.2. The molecular formula is C23H13ClN4OS. The van der Waals surface area contributed by atoms with Gasteiger partial charge in [-0.05, 0) is 30.3 Å². The van der Waals surface area contributed by atoms with Gasteiger partial charge in [-0.1, -0.05) is 54.1 Å². The van der Waals surface area contributed by atoms with Crippen LogP contribution in [-0.2, 0) is 0 Å². The Bertz CT molecular complexity index is 1620. The van der Waals surface area contributed by atoms with E-state index in [9.17, 15) is 4.79 Å².